The Morgan fingerprint density at radius 2 is 1.76 bits per heavy atom. The van der Waals surface area contributed by atoms with Gasteiger partial charge >= 0.3 is 6.18 Å². The van der Waals surface area contributed by atoms with Crippen LogP contribution in [0.1, 0.15) is 24.1 Å². The highest BCUT2D eigenvalue weighted by atomic mass is 32.2. The summed E-state index contributed by atoms with van der Waals surface area (Å²) in [7, 11) is -1.46. The van der Waals surface area contributed by atoms with E-state index in [9.17, 15) is 31.2 Å². The summed E-state index contributed by atoms with van der Waals surface area (Å²) in [5.41, 5.74) is 3.41. The minimum absolute atomic E-state index is 0.0303. The average Bonchev–Trinajstić information content (AvgIpc) is 2.84. The van der Waals surface area contributed by atoms with E-state index in [1.54, 1.807) is 18.2 Å². The van der Waals surface area contributed by atoms with E-state index < -0.39 is 44.1 Å². The van der Waals surface area contributed by atoms with Crippen LogP contribution >= 0.6 is 0 Å². The van der Waals surface area contributed by atoms with Crippen molar-refractivity contribution in [2.24, 2.45) is 5.73 Å². The highest BCUT2D eigenvalue weighted by Crippen LogP contribution is 2.31. The average molecular weight is 541 g/mol. The van der Waals surface area contributed by atoms with Crippen LogP contribution in [0.4, 0.5) is 13.2 Å². The minimum Gasteiger partial charge on any atom is -0.493 e. The van der Waals surface area contributed by atoms with Crippen LogP contribution in [0.5, 0.6) is 11.5 Å². The van der Waals surface area contributed by atoms with Crippen molar-refractivity contribution in [2.45, 2.75) is 30.7 Å². The molecule has 0 aliphatic carbocycles. The lowest BCUT2D eigenvalue weighted by atomic mass is 10.1. The number of aromatic nitrogens is 3. The lowest BCUT2D eigenvalue weighted by Crippen LogP contribution is -2.20. The molecule has 2 aromatic heterocycles. The summed E-state index contributed by atoms with van der Waals surface area (Å²) >= 11 is 0. The van der Waals surface area contributed by atoms with E-state index >= 15 is 0 Å². The third kappa shape index (κ3) is 6.84. The standard InChI is InChI=1S/C23H23F3N4O6S/c1-35-17-7-5-14(10-18(17)36-2)12-30-13-15(6-8-21(30)32)16-11-19(23(24,25)26)29-22(28-16)37(33,34)9-3-4-20(27)31/h5-8,10-11,13H,3-4,9,12H2,1-2H3,(H2,27,31). The summed E-state index contributed by atoms with van der Waals surface area (Å²) in [4.78, 5) is 30.4. The quantitative estimate of drug-likeness (QED) is 0.386. The summed E-state index contributed by atoms with van der Waals surface area (Å²) in [6.45, 7) is 0.0303. The molecule has 0 aliphatic rings. The van der Waals surface area contributed by atoms with E-state index in [0.29, 0.717) is 23.1 Å². The third-order valence-electron chi connectivity index (χ3n) is 5.19. The number of hydrogen-bond donors (Lipinski definition) is 1. The van der Waals surface area contributed by atoms with Crippen molar-refractivity contribution in [2.75, 3.05) is 20.0 Å². The monoisotopic (exact) mass is 540 g/mol. The fraction of sp³-hybridized carbons (Fsp3) is 0.304. The van der Waals surface area contributed by atoms with Crippen LogP contribution < -0.4 is 20.8 Å². The van der Waals surface area contributed by atoms with Crippen molar-refractivity contribution < 1.29 is 35.9 Å². The Morgan fingerprint density at radius 1 is 1.05 bits per heavy atom. The first kappa shape index (κ1) is 27.6. The van der Waals surface area contributed by atoms with Crippen LogP contribution in [0.25, 0.3) is 11.3 Å². The van der Waals surface area contributed by atoms with Gasteiger partial charge in [0.2, 0.25) is 20.9 Å². The fourth-order valence-electron chi connectivity index (χ4n) is 3.37. The summed E-state index contributed by atoms with van der Waals surface area (Å²) in [5, 5.41) is -1.04. The lowest BCUT2D eigenvalue weighted by Gasteiger charge is -2.13. The molecule has 0 unspecified atom stereocenters. The molecule has 0 spiro atoms. The number of carbonyl (C=O) groups excluding carboxylic acids is 1. The molecule has 10 nitrogen and oxygen atoms in total. The minimum atomic E-state index is -4.97. The molecule has 1 aromatic carbocycles. The first-order valence-electron chi connectivity index (χ1n) is 10.7. The largest absolute Gasteiger partial charge is 0.493 e. The molecule has 3 aromatic rings. The van der Waals surface area contributed by atoms with Gasteiger partial charge in [-0.15, -0.1) is 0 Å². The molecule has 0 saturated heterocycles. The van der Waals surface area contributed by atoms with Crippen molar-refractivity contribution in [3.63, 3.8) is 0 Å². The molecule has 0 saturated carbocycles. The number of carbonyl (C=O) groups is 1. The van der Waals surface area contributed by atoms with E-state index in [0.717, 1.165) is 6.07 Å². The predicted molar refractivity (Wildman–Crippen MR) is 126 cm³/mol. The van der Waals surface area contributed by atoms with Crippen molar-refractivity contribution in [3.8, 4) is 22.8 Å². The first-order valence-corrected chi connectivity index (χ1v) is 12.4. The number of primary amides is 1. The van der Waals surface area contributed by atoms with Crippen molar-refractivity contribution in [1.29, 1.82) is 0 Å². The zero-order valence-corrected chi connectivity index (χ0v) is 20.6. The smallest absolute Gasteiger partial charge is 0.433 e. The van der Waals surface area contributed by atoms with Gasteiger partial charge in [-0.1, -0.05) is 6.07 Å². The number of pyridine rings is 1. The van der Waals surface area contributed by atoms with Gasteiger partial charge in [0, 0.05) is 24.2 Å². The maximum Gasteiger partial charge on any atom is 0.433 e. The van der Waals surface area contributed by atoms with Gasteiger partial charge in [0.1, 0.15) is 5.69 Å². The SMILES string of the molecule is COc1ccc(Cn2cc(-c3cc(C(F)(F)F)nc(S(=O)(=O)CCCC(N)=O)n3)ccc2=O)cc1OC. The third-order valence-corrected chi connectivity index (χ3v) is 6.76. The Morgan fingerprint density at radius 3 is 2.38 bits per heavy atom. The molecule has 198 valence electrons. The summed E-state index contributed by atoms with van der Waals surface area (Å²) in [6.07, 6.45) is -4.18. The Kier molecular flexibility index (Phi) is 8.21. The van der Waals surface area contributed by atoms with Gasteiger partial charge in [0.25, 0.3) is 5.56 Å². The maximum atomic E-state index is 13.6. The number of nitrogens with two attached hydrogens (primary N) is 1. The molecule has 0 atom stereocenters. The number of alkyl halides is 3. The van der Waals surface area contributed by atoms with Crippen LogP contribution in [0.3, 0.4) is 0 Å². The molecule has 37 heavy (non-hydrogen) atoms. The fourth-order valence-corrected chi connectivity index (χ4v) is 4.55. The first-order chi connectivity index (χ1) is 17.3. The molecule has 2 heterocycles. The van der Waals surface area contributed by atoms with E-state index in [-0.39, 0.29) is 30.6 Å². The molecule has 0 fully saturated rings. The summed E-state index contributed by atoms with van der Waals surface area (Å²) < 4.78 is 77.6. The number of rotatable bonds is 10. The number of methoxy groups -OCH3 is 2. The van der Waals surface area contributed by atoms with E-state index in [4.69, 9.17) is 15.2 Å². The summed E-state index contributed by atoms with van der Waals surface area (Å²) in [6, 6.07) is 7.93. The number of benzene rings is 1. The number of hydrogen-bond acceptors (Lipinski definition) is 8. The highest BCUT2D eigenvalue weighted by Gasteiger charge is 2.35. The Hall–Kier alpha value is -3.94. The maximum absolute atomic E-state index is 13.6. The number of ether oxygens (including phenoxy) is 2. The van der Waals surface area contributed by atoms with E-state index in [1.807, 2.05) is 0 Å². The molecular formula is C23H23F3N4O6S. The van der Waals surface area contributed by atoms with Crippen LogP contribution in [0.15, 0.2) is 52.5 Å². The second-order valence-electron chi connectivity index (χ2n) is 7.88. The van der Waals surface area contributed by atoms with Gasteiger partial charge in [-0.05, 0) is 36.2 Å². The number of halogens is 3. The molecule has 2 N–H and O–H groups in total. The van der Waals surface area contributed by atoms with Crippen molar-refractivity contribution in [3.05, 3.63) is 64.2 Å². The molecular weight excluding hydrogens is 517 g/mol. The van der Waals surface area contributed by atoms with Crippen LogP contribution in [0.2, 0.25) is 0 Å². The van der Waals surface area contributed by atoms with Crippen LogP contribution in [-0.4, -0.2) is 48.8 Å². The zero-order chi connectivity index (χ0) is 27.4. The van der Waals surface area contributed by atoms with Crippen LogP contribution in [0, 0.1) is 0 Å². The molecule has 3 rings (SSSR count). The lowest BCUT2D eigenvalue weighted by molar-refractivity contribution is -0.141. The van der Waals surface area contributed by atoms with Crippen molar-refractivity contribution >= 4 is 15.7 Å². The van der Waals surface area contributed by atoms with Gasteiger partial charge in [-0.25, -0.2) is 18.4 Å². The van der Waals surface area contributed by atoms with Gasteiger partial charge in [0.05, 0.1) is 32.2 Å². The molecule has 0 bridgehead atoms. The van der Waals surface area contributed by atoms with Gasteiger partial charge in [-0.3, -0.25) is 9.59 Å². The molecule has 1 amide bonds. The highest BCUT2D eigenvalue weighted by molar-refractivity contribution is 7.91. The second-order valence-corrected chi connectivity index (χ2v) is 9.88. The van der Waals surface area contributed by atoms with Crippen molar-refractivity contribution in [1.82, 2.24) is 14.5 Å². The van der Waals surface area contributed by atoms with Crippen LogP contribution in [-0.2, 0) is 27.4 Å². The second kappa shape index (κ2) is 11.0. The van der Waals surface area contributed by atoms with Gasteiger partial charge < -0.3 is 19.8 Å². The van der Waals surface area contributed by atoms with E-state index in [1.165, 1.54) is 31.0 Å². The summed E-state index contributed by atoms with van der Waals surface area (Å²) in [5.74, 6) is -0.536. The van der Waals surface area contributed by atoms with E-state index in [2.05, 4.69) is 9.97 Å². The predicted octanol–water partition coefficient (Wildman–Crippen LogP) is 2.43. The Labute approximate surface area is 209 Å². The Balaban J connectivity index is 2.04. The normalized spacial score (nSPS) is 11.8. The van der Waals surface area contributed by atoms with Gasteiger partial charge in [-0.2, -0.15) is 13.2 Å². The molecule has 14 heteroatoms. The Bertz CT molecular complexity index is 1470. The number of sulfone groups is 1. The molecule has 0 aliphatic heterocycles. The zero-order valence-electron chi connectivity index (χ0n) is 19.8. The topological polar surface area (TPSA) is 143 Å². The molecule has 0 radical (unpaired) electrons. The van der Waals surface area contributed by atoms with Gasteiger partial charge in [0.15, 0.2) is 11.5 Å². The number of nitrogens with zero attached hydrogens (tertiary/aromatic N) is 3. The number of amides is 1.